The highest BCUT2D eigenvalue weighted by atomic mass is 19.4. The van der Waals surface area contributed by atoms with E-state index in [9.17, 15) is 18.0 Å². The minimum Gasteiger partial charge on any atom is -0.475 e. The number of hydrogen-bond donors (Lipinski definition) is 3. The minimum absolute atomic E-state index is 0.0944. The van der Waals surface area contributed by atoms with Crippen LogP contribution >= 0.6 is 0 Å². The van der Waals surface area contributed by atoms with Gasteiger partial charge in [-0.25, -0.2) is 4.79 Å². The Morgan fingerprint density at radius 3 is 2.66 bits per heavy atom. The van der Waals surface area contributed by atoms with E-state index in [4.69, 9.17) is 9.90 Å². The smallest absolute Gasteiger partial charge is 0.475 e. The fraction of sp³-hybridized carbons (Fsp3) is 0.381. The maximum atomic E-state index is 12.7. The number of rotatable bonds is 4. The van der Waals surface area contributed by atoms with E-state index >= 15 is 0 Å². The van der Waals surface area contributed by atoms with Crippen LogP contribution in [-0.4, -0.2) is 55.4 Å². The van der Waals surface area contributed by atoms with E-state index in [2.05, 4.69) is 44.6 Å². The third-order valence-electron chi connectivity index (χ3n) is 5.41. The first-order valence-corrected chi connectivity index (χ1v) is 10.1. The van der Waals surface area contributed by atoms with Gasteiger partial charge in [0.15, 0.2) is 0 Å². The third-order valence-corrected chi connectivity index (χ3v) is 5.41. The second kappa shape index (κ2) is 8.65. The molecule has 11 heteroatoms. The topological polar surface area (TPSA) is 103 Å². The molecule has 1 atom stereocenters. The standard InChI is InChI=1S/C19H21N5O.C2HF3O2/c25-19(22-14-4-5-14)18-12-23(11-15-6-9-21-24(15)18)10-13-2-1-3-17-16(13)7-8-20-17;3-2(4,5)1(6)7/h1-3,6-9,14,18,20H,4-5,10-12H2,(H,22,25);(H,6,7). The van der Waals surface area contributed by atoms with Crippen molar-refractivity contribution in [3.63, 3.8) is 0 Å². The number of amides is 1. The SMILES string of the molecule is O=C(NC1CC1)C1CN(Cc2cccc3[nH]ccc23)Cc2ccnn21.O=C(O)C(F)(F)F. The number of carbonyl (C=O) groups is 2. The predicted octanol–water partition coefficient (Wildman–Crippen LogP) is 2.83. The Hall–Kier alpha value is -3.34. The first-order chi connectivity index (χ1) is 15.2. The van der Waals surface area contributed by atoms with Gasteiger partial charge in [0, 0.05) is 49.0 Å². The van der Waals surface area contributed by atoms with Gasteiger partial charge in [-0.2, -0.15) is 18.3 Å². The Balaban J connectivity index is 0.000000307. The molecule has 0 saturated heterocycles. The predicted molar refractivity (Wildman–Crippen MR) is 109 cm³/mol. The summed E-state index contributed by atoms with van der Waals surface area (Å²) in [5, 5.41) is 15.9. The van der Waals surface area contributed by atoms with Gasteiger partial charge < -0.3 is 15.4 Å². The lowest BCUT2D eigenvalue weighted by Crippen LogP contribution is -2.45. The van der Waals surface area contributed by atoms with Gasteiger partial charge in [0.05, 0.1) is 5.69 Å². The average Bonchev–Trinajstić information content (AvgIpc) is 3.22. The number of nitrogens with one attached hydrogen (secondary N) is 2. The molecule has 3 N–H and O–H groups in total. The minimum atomic E-state index is -5.08. The van der Waals surface area contributed by atoms with Crippen molar-refractivity contribution < 1.29 is 27.9 Å². The third kappa shape index (κ3) is 4.93. The van der Waals surface area contributed by atoms with Crippen molar-refractivity contribution in [3.05, 3.63) is 54.0 Å². The molecule has 2 aromatic heterocycles. The number of aromatic nitrogens is 3. The zero-order chi connectivity index (χ0) is 22.9. The van der Waals surface area contributed by atoms with Crippen LogP contribution in [0, 0.1) is 0 Å². The van der Waals surface area contributed by atoms with E-state index in [1.807, 2.05) is 16.9 Å². The molecule has 8 nitrogen and oxygen atoms in total. The van der Waals surface area contributed by atoms with E-state index in [-0.39, 0.29) is 11.9 Å². The molecule has 1 amide bonds. The molecule has 0 bridgehead atoms. The summed E-state index contributed by atoms with van der Waals surface area (Å²) in [6, 6.07) is 10.6. The van der Waals surface area contributed by atoms with Gasteiger partial charge in [-0.05, 0) is 36.6 Å². The highest BCUT2D eigenvalue weighted by molar-refractivity contribution is 5.83. The maximum absolute atomic E-state index is 12.7. The van der Waals surface area contributed by atoms with E-state index in [1.165, 1.54) is 10.9 Å². The van der Waals surface area contributed by atoms with Gasteiger partial charge in [-0.3, -0.25) is 14.4 Å². The molecule has 32 heavy (non-hydrogen) atoms. The monoisotopic (exact) mass is 449 g/mol. The summed E-state index contributed by atoms with van der Waals surface area (Å²) in [4.78, 5) is 27.2. The van der Waals surface area contributed by atoms with Crippen LogP contribution in [0.4, 0.5) is 13.2 Å². The first kappa shape index (κ1) is 21.9. The summed E-state index contributed by atoms with van der Waals surface area (Å²) >= 11 is 0. The lowest BCUT2D eigenvalue weighted by Gasteiger charge is -2.33. The van der Waals surface area contributed by atoms with E-state index in [1.54, 1.807) is 6.20 Å². The quantitative estimate of drug-likeness (QED) is 0.569. The highest BCUT2D eigenvalue weighted by Gasteiger charge is 2.38. The number of carbonyl (C=O) groups excluding carboxylic acids is 1. The molecule has 1 aliphatic heterocycles. The lowest BCUT2D eigenvalue weighted by atomic mass is 10.1. The van der Waals surface area contributed by atoms with Crippen LogP contribution in [0.2, 0.25) is 0 Å². The number of benzene rings is 1. The second-order valence-corrected chi connectivity index (χ2v) is 7.89. The van der Waals surface area contributed by atoms with Gasteiger partial charge in [-0.1, -0.05) is 12.1 Å². The number of aromatic amines is 1. The average molecular weight is 449 g/mol. The molecule has 1 saturated carbocycles. The van der Waals surface area contributed by atoms with Crippen molar-refractivity contribution in [2.45, 2.75) is 44.2 Å². The molecule has 3 heterocycles. The Morgan fingerprint density at radius 2 is 1.97 bits per heavy atom. The molecule has 0 spiro atoms. The van der Waals surface area contributed by atoms with Crippen LogP contribution in [0.25, 0.3) is 10.9 Å². The van der Waals surface area contributed by atoms with Gasteiger partial charge in [0.25, 0.3) is 0 Å². The summed E-state index contributed by atoms with van der Waals surface area (Å²) in [7, 11) is 0. The number of carboxylic acids is 1. The van der Waals surface area contributed by atoms with Crippen LogP contribution in [-0.2, 0) is 22.7 Å². The van der Waals surface area contributed by atoms with Crippen molar-refractivity contribution in [2.24, 2.45) is 0 Å². The fourth-order valence-electron chi connectivity index (χ4n) is 3.73. The molecule has 3 aromatic rings. The Morgan fingerprint density at radius 1 is 1.22 bits per heavy atom. The van der Waals surface area contributed by atoms with Gasteiger partial charge in [0.1, 0.15) is 6.04 Å². The van der Waals surface area contributed by atoms with Crippen LogP contribution in [0.3, 0.4) is 0 Å². The molecule has 170 valence electrons. The lowest BCUT2D eigenvalue weighted by molar-refractivity contribution is -0.192. The largest absolute Gasteiger partial charge is 0.490 e. The van der Waals surface area contributed by atoms with Crippen molar-refractivity contribution in [2.75, 3.05) is 6.54 Å². The Bertz CT molecular complexity index is 1120. The number of carboxylic acid groups (broad SMARTS) is 1. The molecule has 0 radical (unpaired) electrons. The van der Waals surface area contributed by atoms with Gasteiger partial charge in [-0.15, -0.1) is 0 Å². The molecular weight excluding hydrogens is 427 g/mol. The maximum Gasteiger partial charge on any atom is 0.490 e. The van der Waals surface area contributed by atoms with Crippen LogP contribution in [0.15, 0.2) is 42.7 Å². The van der Waals surface area contributed by atoms with E-state index < -0.39 is 12.1 Å². The molecule has 1 aliphatic carbocycles. The second-order valence-electron chi connectivity index (χ2n) is 7.89. The zero-order valence-corrected chi connectivity index (χ0v) is 17.0. The van der Waals surface area contributed by atoms with Crippen LogP contribution in [0.1, 0.15) is 30.1 Å². The summed E-state index contributed by atoms with van der Waals surface area (Å²) in [6.45, 7) is 2.33. The molecule has 1 unspecified atom stereocenters. The number of H-pyrrole nitrogens is 1. The first-order valence-electron chi connectivity index (χ1n) is 10.1. The normalized spacial score (nSPS) is 18.5. The van der Waals surface area contributed by atoms with Gasteiger partial charge >= 0.3 is 12.1 Å². The Kier molecular flexibility index (Phi) is 5.92. The van der Waals surface area contributed by atoms with Crippen molar-refractivity contribution in [3.8, 4) is 0 Å². The zero-order valence-electron chi connectivity index (χ0n) is 17.0. The fourth-order valence-corrected chi connectivity index (χ4v) is 3.73. The summed E-state index contributed by atoms with van der Waals surface area (Å²) in [6.07, 6.45) is 0.891. The number of hydrogen-bond acceptors (Lipinski definition) is 4. The Labute approximate surface area is 181 Å². The van der Waals surface area contributed by atoms with Crippen molar-refractivity contribution >= 4 is 22.8 Å². The van der Waals surface area contributed by atoms with E-state index in [0.29, 0.717) is 12.6 Å². The molecule has 1 aromatic carbocycles. The summed E-state index contributed by atoms with van der Waals surface area (Å²) in [5.41, 5.74) is 3.54. The molecule has 5 rings (SSSR count). The van der Waals surface area contributed by atoms with Crippen LogP contribution in [0.5, 0.6) is 0 Å². The summed E-state index contributed by atoms with van der Waals surface area (Å²) in [5.74, 6) is -2.66. The number of nitrogens with zero attached hydrogens (tertiary/aromatic N) is 3. The number of halogens is 3. The van der Waals surface area contributed by atoms with E-state index in [0.717, 1.165) is 37.1 Å². The van der Waals surface area contributed by atoms with Gasteiger partial charge in [0.2, 0.25) is 5.91 Å². The molecular formula is C21H22F3N5O3. The van der Waals surface area contributed by atoms with Crippen LogP contribution < -0.4 is 5.32 Å². The number of alkyl halides is 3. The molecule has 2 aliphatic rings. The summed E-state index contributed by atoms with van der Waals surface area (Å²) < 4.78 is 33.6. The number of aliphatic carboxylic acids is 1. The van der Waals surface area contributed by atoms with Crippen molar-refractivity contribution in [1.29, 1.82) is 0 Å². The molecule has 1 fully saturated rings. The van der Waals surface area contributed by atoms with Crippen molar-refractivity contribution in [1.82, 2.24) is 25.0 Å². The number of fused-ring (bicyclic) bond motifs is 2. The highest BCUT2D eigenvalue weighted by Crippen LogP contribution is 2.26.